The van der Waals surface area contributed by atoms with Crippen LogP contribution in [0.3, 0.4) is 0 Å². The number of aliphatic hydroxyl groups excluding tert-OH is 1. The molecule has 1 fully saturated rings. The fourth-order valence-corrected chi connectivity index (χ4v) is 2.46. The lowest BCUT2D eigenvalue weighted by Gasteiger charge is -2.38. The van der Waals surface area contributed by atoms with Crippen LogP contribution in [-0.2, 0) is 9.53 Å². The highest BCUT2D eigenvalue weighted by molar-refractivity contribution is 5.77. The van der Waals surface area contributed by atoms with Crippen molar-refractivity contribution in [2.75, 3.05) is 0 Å². The molecule has 0 radical (unpaired) electrons. The molecule has 0 aromatic heterocycles. The number of carbonyl (C=O) groups is 1. The van der Waals surface area contributed by atoms with Gasteiger partial charge in [0.15, 0.2) is 5.60 Å². The highest BCUT2D eigenvalue weighted by atomic mass is 16.5. The summed E-state index contributed by atoms with van der Waals surface area (Å²) in [6, 6.07) is 0. The summed E-state index contributed by atoms with van der Waals surface area (Å²) in [6.07, 6.45) is 4.00. The first kappa shape index (κ1) is 14.5. The van der Waals surface area contributed by atoms with Gasteiger partial charge in [-0.15, -0.1) is 0 Å². The van der Waals surface area contributed by atoms with Crippen LogP contribution in [0.4, 0.5) is 0 Å². The first-order valence-electron chi connectivity index (χ1n) is 6.47. The Bertz CT molecular complexity index is 258. The Kier molecular flexibility index (Phi) is 4.95. The molecule has 0 aliphatic heterocycles. The summed E-state index contributed by atoms with van der Waals surface area (Å²) in [4.78, 5) is 11.5. The Labute approximate surface area is 103 Å². The van der Waals surface area contributed by atoms with E-state index in [1.807, 2.05) is 0 Å². The van der Waals surface area contributed by atoms with Crippen molar-refractivity contribution in [2.45, 2.75) is 70.7 Å². The molecule has 3 unspecified atom stereocenters. The van der Waals surface area contributed by atoms with Crippen molar-refractivity contribution in [3.8, 4) is 0 Å². The summed E-state index contributed by atoms with van der Waals surface area (Å²) in [6.45, 7) is 4.98. The molecule has 1 saturated carbocycles. The Morgan fingerprint density at radius 3 is 2.24 bits per heavy atom. The lowest BCUT2D eigenvalue weighted by molar-refractivity contribution is -0.189. The number of hydrogen-bond acceptors (Lipinski definition) is 3. The highest BCUT2D eigenvalue weighted by Crippen LogP contribution is 2.36. The fraction of sp³-hybridized carbons (Fsp3) is 0.923. The number of carboxylic acids is 1. The van der Waals surface area contributed by atoms with Crippen LogP contribution in [0.2, 0.25) is 0 Å². The summed E-state index contributed by atoms with van der Waals surface area (Å²) >= 11 is 0. The van der Waals surface area contributed by atoms with E-state index in [-0.39, 0.29) is 5.92 Å². The second-order valence-corrected chi connectivity index (χ2v) is 5.31. The molecule has 0 amide bonds. The van der Waals surface area contributed by atoms with Gasteiger partial charge in [-0.25, -0.2) is 4.79 Å². The van der Waals surface area contributed by atoms with Crippen molar-refractivity contribution < 1.29 is 19.7 Å². The van der Waals surface area contributed by atoms with Crippen molar-refractivity contribution in [3.05, 3.63) is 0 Å². The van der Waals surface area contributed by atoms with Gasteiger partial charge in [-0.3, -0.25) is 0 Å². The smallest absolute Gasteiger partial charge is 0.335 e. The molecule has 100 valence electrons. The zero-order valence-electron chi connectivity index (χ0n) is 11.0. The molecule has 2 N–H and O–H groups in total. The van der Waals surface area contributed by atoms with E-state index in [1.54, 1.807) is 20.8 Å². The quantitative estimate of drug-likeness (QED) is 0.778. The second-order valence-electron chi connectivity index (χ2n) is 5.31. The molecular formula is C13H24O4. The van der Waals surface area contributed by atoms with Crippen LogP contribution in [0, 0.1) is 5.92 Å². The van der Waals surface area contributed by atoms with E-state index in [9.17, 15) is 15.0 Å². The minimum Gasteiger partial charge on any atom is -0.479 e. The Morgan fingerprint density at radius 2 is 1.82 bits per heavy atom. The summed E-state index contributed by atoms with van der Waals surface area (Å²) in [5.41, 5.74) is -1.17. The molecule has 0 aromatic carbocycles. The van der Waals surface area contributed by atoms with Gasteiger partial charge in [0.2, 0.25) is 0 Å². The van der Waals surface area contributed by atoms with E-state index in [1.165, 1.54) is 6.42 Å². The molecule has 0 heterocycles. The number of aliphatic carboxylic acids is 1. The Hall–Kier alpha value is -0.610. The van der Waals surface area contributed by atoms with Gasteiger partial charge >= 0.3 is 5.97 Å². The number of aliphatic hydroxyl groups is 1. The first-order valence-corrected chi connectivity index (χ1v) is 6.47. The average Bonchev–Trinajstić information content (AvgIpc) is 2.29. The third kappa shape index (κ3) is 3.42. The van der Waals surface area contributed by atoms with Gasteiger partial charge in [0.05, 0.1) is 12.2 Å². The molecule has 1 rings (SSSR count). The largest absolute Gasteiger partial charge is 0.479 e. The van der Waals surface area contributed by atoms with E-state index in [4.69, 9.17) is 4.74 Å². The fourth-order valence-electron chi connectivity index (χ4n) is 2.46. The van der Waals surface area contributed by atoms with Crippen molar-refractivity contribution in [2.24, 2.45) is 5.92 Å². The summed E-state index contributed by atoms with van der Waals surface area (Å²) in [7, 11) is 0. The number of carboxylic acid groups (broad SMARTS) is 1. The second kappa shape index (κ2) is 5.83. The summed E-state index contributed by atoms with van der Waals surface area (Å²) < 4.78 is 5.65. The normalized spacial score (nSPS) is 24.9. The maximum Gasteiger partial charge on any atom is 0.335 e. The number of rotatable bonds is 5. The van der Waals surface area contributed by atoms with Gasteiger partial charge in [0.25, 0.3) is 0 Å². The van der Waals surface area contributed by atoms with Crippen LogP contribution in [-0.4, -0.2) is 34.0 Å². The third-order valence-corrected chi connectivity index (χ3v) is 3.92. The van der Waals surface area contributed by atoms with Crippen LogP contribution >= 0.6 is 0 Å². The molecule has 0 spiro atoms. The van der Waals surface area contributed by atoms with Crippen molar-refractivity contribution >= 4 is 5.97 Å². The van der Waals surface area contributed by atoms with Crippen molar-refractivity contribution in [1.82, 2.24) is 0 Å². The highest BCUT2D eigenvalue weighted by Gasteiger charge is 2.44. The maximum absolute atomic E-state index is 11.5. The Morgan fingerprint density at radius 1 is 1.29 bits per heavy atom. The molecule has 0 bridgehead atoms. The van der Waals surface area contributed by atoms with Gasteiger partial charge in [-0.1, -0.05) is 19.3 Å². The van der Waals surface area contributed by atoms with Crippen LogP contribution in [0.5, 0.6) is 0 Å². The molecular weight excluding hydrogens is 220 g/mol. The van der Waals surface area contributed by atoms with Crippen molar-refractivity contribution in [3.63, 3.8) is 0 Å². The zero-order valence-corrected chi connectivity index (χ0v) is 11.0. The Balaban J connectivity index is 2.77. The monoisotopic (exact) mass is 244 g/mol. The zero-order chi connectivity index (χ0) is 13.1. The molecule has 17 heavy (non-hydrogen) atoms. The van der Waals surface area contributed by atoms with E-state index in [0.29, 0.717) is 0 Å². The molecule has 0 aromatic rings. The van der Waals surface area contributed by atoms with E-state index in [0.717, 1.165) is 25.7 Å². The molecule has 4 nitrogen and oxygen atoms in total. The molecule has 1 aliphatic carbocycles. The van der Waals surface area contributed by atoms with E-state index >= 15 is 0 Å². The SMILES string of the molecule is CC(O)C(C)OC(C)(C(=O)O)C1CCCCC1. The van der Waals surface area contributed by atoms with Gasteiger partial charge in [0, 0.05) is 0 Å². The molecule has 3 atom stereocenters. The predicted molar refractivity (Wildman–Crippen MR) is 64.8 cm³/mol. The number of ether oxygens (including phenoxy) is 1. The third-order valence-electron chi connectivity index (χ3n) is 3.92. The molecule has 1 aliphatic rings. The molecule has 4 heteroatoms. The lowest BCUT2D eigenvalue weighted by Crippen LogP contribution is -2.49. The van der Waals surface area contributed by atoms with E-state index in [2.05, 4.69) is 0 Å². The summed E-state index contributed by atoms with van der Waals surface area (Å²) in [5.74, 6) is -0.869. The van der Waals surface area contributed by atoms with Crippen LogP contribution in [0.25, 0.3) is 0 Å². The minimum absolute atomic E-state index is 0.0509. The van der Waals surface area contributed by atoms with Gasteiger partial charge < -0.3 is 14.9 Å². The van der Waals surface area contributed by atoms with Gasteiger partial charge in [-0.2, -0.15) is 0 Å². The van der Waals surface area contributed by atoms with Crippen LogP contribution in [0.1, 0.15) is 52.9 Å². The maximum atomic E-state index is 11.5. The van der Waals surface area contributed by atoms with Crippen LogP contribution in [0.15, 0.2) is 0 Å². The van der Waals surface area contributed by atoms with Crippen molar-refractivity contribution in [1.29, 1.82) is 0 Å². The number of hydrogen-bond donors (Lipinski definition) is 2. The summed E-state index contributed by atoms with van der Waals surface area (Å²) in [5, 5.41) is 18.9. The first-order chi connectivity index (χ1) is 7.88. The lowest BCUT2D eigenvalue weighted by atomic mass is 9.77. The van der Waals surface area contributed by atoms with Crippen LogP contribution < -0.4 is 0 Å². The predicted octanol–water partition coefficient (Wildman–Crippen LogP) is 2.20. The average molecular weight is 244 g/mol. The topological polar surface area (TPSA) is 66.8 Å². The standard InChI is InChI=1S/C13H24O4/c1-9(14)10(2)17-13(3,12(15)16)11-7-5-4-6-8-11/h9-11,14H,4-8H2,1-3H3,(H,15,16). The minimum atomic E-state index is -1.17. The van der Waals surface area contributed by atoms with Gasteiger partial charge in [0.1, 0.15) is 0 Å². The van der Waals surface area contributed by atoms with Gasteiger partial charge in [-0.05, 0) is 39.5 Å². The molecule has 0 saturated heterocycles. The van der Waals surface area contributed by atoms with E-state index < -0.39 is 23.8 Å².